The van der Waals surface area contributed by atoms with Crippen molar-refractivity contribution in [3.8, 4) is 11.5 Å². The zero-order valence-corrected chi connectivity index (χ0v) is 10.5. The maximum absolute atomic E-state index is 12.5. The summed E-state index contributed by atoms with van der Waals surface area (Å²) in [5.41, 5.74) is 8.42. The van der Waals surface area contributed by atoms with Crippen LogP contribution in [0.4, 0.5) is 5.69 Å². The third kappa shape index (κ3) is 1.91. The van der Waals surface area contributed by atoms with Crippen LogP contribution < -0.4 is 15.2 Å². The van der Waals surface area contributed by atoms with E-state index in [9.17, 15) is 4.79 Å². The summed E-state index contributed by atoms with van der Waals surface area (Å²) in [7, 11) is 0. The molecule has 2 N–H and O–H groups in total. The van der Waals surface area contributed by atoms with Gasteiger partial charge in [0.05, 0.1) is 0 Å². The minimum absolute atomic E-state index is 0.0666. The quantitative estimate of drug-likeness (QED) is 0.661. The normalized spacial score (nSPS) is 12.5. The highest BCUT2D eigenvalue weighted by molar-refractivity contribution is 6.10. The zero-order valence-electron chi connectivity index (χ0n) is 10.5. The first-order chi connectivity index (χ1) is 9.16. The van der Waals surface area contributed by atoms with E-state index < -0.39 is 0 Å². The van der Waals surface area contributed by atoms with Gasteiger partial charge in [0.15, 0.2) is 17.3 Å². The molecule has 0 unspecified atom stereocenters. The number of benzene rings is 2. The van der Waals surface area contributed by atoms with Gasteiger partial charge >= 0.3 is 0 Å². The second-order valence-electron chi connectivity index (χ2n) is 4.42. The highest BCUT2D eigenvalue weighted by Gasteiger charge is 2.18. The van der Waals surface area contributed by atoms with Gasteiger partial charge in [0.1, 0.15) is 0 Å². The number of nitrogen functional groups attached to an aromatic ring is 1. The number of fused-ring (bicyclic) bond motifs is 1. The van der Waals surface area contributed by atoms with Crippen molar-refractivity contribution >= 4 is 11.5 Å². The van der Waals surface area contributed by atoms with E-state index in [0.29, 0.717) is 28.3 Å². The SMILES string of the molecule is Cc1c(N)cccc1C(=O)c1ccc2c(c1)OCO2. The van der Waals surface area contributed by atoms with Gasteiger partial charge in [-0.1, -0.05) is 12.1 Å². The van der Waals surface area contributed by atoms with E-state index in [2.05, 4.69) is 0 Å². The maximum Gasteiger partial charge on any atom is 0.231 e. The Hall–Kier alpha value is -2.49. The van der Waals surface area contributed by atoms with Crippen molar-refractivity contribution in [3.63, 3.8) is 0 Å². The van der Waals surface area contributed by atoms with Crippen molar-refractivity contribution in [1.82, 2.24) is 0 Å². The Morgan fingerprint density at radius 3 is 2.79 bits per heavy atom. The lowest BCUT2D eigenvalue weighted by Gasteiger charge is -2.08. The lowest BCUT2D eigenvalue weighted by Crippen LogP contribution is -2.05. The molecule has 0 saturated carbocycles. The van der Waals surface area contributed by atoms with Crippen LogP contribution in [0.15, 0.2) is 36.4 Å². The summed E-state index contributed by atoms with van der Waals surface area (Å²) in [6.45, 7) is 2.04. The summed E-state index contributed by atoms with van der Waals surface area (Å²) >= 11 is 0. The van der Waals surface area contributed by atoms with Gasteiger partial charge in [-0.2, -0.15) is 0 Å². The van der Waals surface area contributed by atoms with Crippen molar-refractivity contribution in [3.05, 3.63) is 53.1 Å². The minimum Gasteiger partial charge on any atom is -0.454 e. The molecule has 0 aromatic heterocycles. The first kappa shape index (κ1) is 11.6. The van der Waals surface area contributed by atoms with Crippen molar-refractivity contribution in [1.29, 1.82) is 0 Å². The van der Waals surface area contributed by atoms with E-state index in [1.165, 1.54) is 0 Å². The summed E-state index contributed by atoms with van der Waals surface area (Å²) in [4.78, 5) is 12.5. The van der Waals surface area contributed by atoms with Crippen molar-refractivity contribution in [2.45, 2.75) is 6.92 Å². The predicted molar refractivity (Wildman–Crippen MR) is 71.6 cm³/mol. The number of anilines is 1. The van der Waals surface area contributed by atoms with Crippen molar-refractivity contribution < 1.29 is 14.3 Å². The van der Waals surface area contributed by atoms with Gasteiger partial charge in [-0.05, 0) is 36.8 Å². The van der Waals surface area contributed by atoms with E-state index in [4.69, 9.17) is 15.2 Å². The predicted octanol–water partition coefficient (Wildman–Crippen LogP) is 2.54. The maximum atomic E-state index is 12.5. The van der Waals surface area contributed by atoms with Crippen molar-refractivity contribution in [2.75, 3.05) is 12.5 Å². The summed E-state index contributed by atoms with van der Waals surface area (Å²) in [5, 5.41) is 0. The highest BCUT2D eigenvalue weighted by Crippen LogP contribution is 2.33. The Kier molecular flexibility index (Phi) is 2.63. The molecule has 4 heteroatoms. The molecule has 2 aromatic carbocycles. The third-order valence-corrected chi connectivity index (χ3v) is 3.26. The Labute approximate surface area is 110 Å². The molecule has 4 nitrogen and oxygen atoms in total. The van der Waals surface area contributed by atoms with Crippen LogP contribution in [0.2, 0.25) is 0 Å². The Bertz CT molecular complexity index is 664. The Morgan fingerprint density at radius 2 is 1.95 bits per heavy atom. The van der Waals surface area contributed by atoms with Gasteiger partial charge in [0.2, 0.25) is 6.79 Å². The third-order valence-electron chi connectivity index (χ3n) is 3.26. The van der Waals surface area contributed by atoms with Gasteiger partial charge < -0.3 is 15.2 Å². The lowest BCUT2D eigenvalue weighted by molar-refractivity contribution is 0.103. The molecular formula is C15H13NO3. The first-order valence-corrected chi connectivity index (χ1v) is 5.96. The molecule has 19 heavy (non-hydrogen) atoms. The van der Waals surface area contributed by atoms with Gasteiger partial charge in [-0.25, -0.2) is 0 Å². The fourth-order valence-electron chi connectivity index (χ4n) is 2.09. The van der Waals surface area contributed by atoms with Crippen molar-refractivity contribution in [2.24, 2.45) is 0 Å². The molecule has 3 rings (SSSR count). The molecule has 0 spiro atoms. The number of hydrogen-bond donors (Lipinski definition) is 1. The van der Waals surface area contributed by atoms with E-state index in [1.54, 1.807) is 36.4 Å². The number of rotatable bonds is 2. The Balaban J connectivity index is 2.02. The number of hydrogen-bond acceptors (Lipinski definition) is 4. The molecule has 1 aliphatic heterocycles. The smallest absolute Gasteiger partial charge is 0.231 e. The molecule has 0 bridgehead atoms. The molecule has 0 fully saturated rings. The van der Waals surface area contributed by atoms with E-state index >= 15 is 0 Å². The van der Waals surface area contributed by atoms with Gasteiger partial charge in [-0.15, -0.1) is 0 Å². The number of nitrogens with two attached hydrogens (primary N) is 1. The van der Waals surface area contributed by atoms with Crippen LogP contribution in [0, 0.1) is 6.92 Å². The molecule has 96 valence electrons. The lowest BCUT2D eigenvalue weighted by atomic mass is 9.98. The molecule has 0 amide bonds. The number of ether oxygens (including phenoxy) is 2. The number of carbonyl (C=O) groups excluding carboxylic acids is 1. The monoisotopic (exact) mass is 255 g/mol. The summed E-state index contributed by atoms with van der Waals surface area (Å²) in [5.74, 6) is 1.20. The van der Waals surface area contributed by atoms with Crippen LogP contribution in [0.5, 0.6) is 11.5 Å². The molecule has 0 aliphatic carbocycles. The van der Waals surface area contributed by atoms with Crippen LogP contribution in [0.3, 0.4) is 0 Å². The van der Waals surface area contributed by atoms with Gasteiger partial charge in [0, 0.05) is 16.8 Å². The van der Waals surface area contributed by atoms with Crippen LogP contribution >= 0.6 is 0 Å². The van der Waals surface area contributed by atoms with Gasteiger partial charge in [-0.3, -0.25) is 4.79 Å². The molecule has 0 atom stereocenters. The first-order valence-electron chi connectivity index (χ1n) is 5.96. The molecule has 2 aromatic rings. The van der Waals surface area contributed by atoms with Gasteiger partial charge in [0.25, 0.3) is 0 Å². The van der Waals surface area contributed by atoms with Crippen LogP contribution in [0.25, 0.3) is 0 Å². The average molecular weight is 255 g/mol. The van der Waals surface area contributed by atoms with E-state index in [1.807, 2.05) is 6.92 Å². The summed E-state index contributed by atoms with van der Waals surface area (Å²) in [6.07, 6.45) is 0. The van der Waals surface area contributed by atoms with Crippen LogP contribution in [-0.4, -0.2) is 12.6 Å². The number of carbonyl (C=O) groups is 1. The van der Waals surface area contributed by atoms with Crippen LogP contribution in [-0.2, 0) is 0 Å². The molecule has 0 radical (unpaired) electrons. The molecule has 1 aliphatic rings. The number of ketones is 1. The summed E-state index contributed by atoms with van der Waals surface area (Å²) < 4.78 is 10.5. The Morgan fingerprint density at radius 1 is 1.16 bits per heavy atom. The second-order valence-corrected chi connectivity index (χ2v) is 4.42. The summed E-state index contributed by atoms with van der Waals surface area (Å²) in [6, 6.07) is 10.5. The fraction of sp³-hybridized carbons (Fsp3) is 0.133. The average Bonchev–Trinajstić information content (AvgIpc) is 2.88. The van der Waals surface area contributed by atoms with E-state index in [0.717, 1.165) is 5.56 Å². The fourth-order valence-corrected chi connectivity index (χ4v) is 2.09. The molecular weight excluding hydrogens is 242 g/mol. The minimum atomic E-state index is -0.0666. The van der Waals surface area contributed by atoms with E-state index in [-0.39, 0.29) is 12.6 Å². The topological polar surface area (TPSA) is 61.6 Å². The standard InChI is InChI=1S/C15H13NO3/c1-9-11(3-2-4-12(9)16)15(17)10-5-6-13-14(7-10)19-8-18-13/h2-7H,8,16H2,1H3. The molecule has 0 saturated heterocycles. The molecule has 1 heterocycles. The largest absolute Gasteiger partial charge is 0.454 e. The second kappa shape index (κ2) is 4.31. The zero-order chi connectivity index (χ0) is 13.4. The highest BCUT2D eigenvalue weighted by atomic mass is 16.7. The van der Waals surface area contributed by atoms with Crippen LogP contribution in [0.1, 0.15) is 21.5 Å².